The van der Waals surface area contributed by atoms with E-state index in [1.165, 1.54) is 0 Å². The van der Waals surface area contributed by atoms with E-state index in [1.807, 2.05) is 121 Å². The van der Waals surface area contributed by atoms with E-state index in [0.29, 0.717) is 19.8 Å². The first-order valence-corrected chi connectivity index (χ1v) is 13.6. The number of benzene rings is 4. The van der Waals surface area contributed by atoms with Crippen molar-refractivity contribution in [1.29, 1.82) is 0 Å². The summed E-state index contributed by atoms with van der Waals surface area (Å²) in [6, 6.07) is 39.5. The largest absolute Gasteiger partial charge is 0.387 e. The molecule has 1 aliphatic rings. The predicted molar refractivity (Wildman–Crippen MR) is 154 cm³/mol. The van der Waals surface area contributed by atoms with Gasteiger partial charge in [0.1, 0.15) is 30.5 Å². The molecule has 5 nitrogen and oxygen atoms in total. The highest BCUT2D eigenvalue weighted by atomic mass is 16.6. The molecule has 1 heterocycles. The molecule has 4 aromatic carbocycles. The summed E-state index contributed by atoms with van der Waals surface area (Å²) in [4.78, 5) is 0. The first-order chi connectivity index (χ1) is 19.8. The maximum Gasteiger partial charge on any atom is 0.147 e. The number of aliphatic hydroxyl groups excluding tert-OH is 1. The molecule has 0 bridgehead atoms. The Kier molecular flexibility index (Phi) is 10.1. The van der Waals surface area contributed by atoms with Gasteiger partial charge in [-0.3, -0.25) is 0 Å². The molecule has 0 unspecified atom stereocenters. The van der Waals surface area contributed by atoms with Crippen molar-refractivity contribution in [2.75, 3.05) is 6.61 Å². The van der Waals surface area contributed by atoms with Crippen LogP contribution < -0.4 is 0 Å². The first kappa shape index (κ1) is 27.8. The van der Waals surface area contributed by atoms with Crippen LogP contribution >= 0.6 is 0 Å². The van der Waals surface area contributed by atoms with Crippen molar-refractivity contribution in [2.24, 2.45) is 0 Å². The third-order valence-corrected chi connectivity index (χ3v) is 6.76. The van der Waals surface area contributed by atoms with Crippen LogP contribution in [0.25, 0.3) is 0 Å². The van der Waals surface area contributed by atoms with E-state index in [4.69, 9.17) is 18.9 Å². The van der Waals surface area contributed by atoms with E-state index in [9.17, 15) is 5.11 Å². The van der Waals surface area contributed by atoms with E-state index in [-0.39, 0.29) is 6.61 Å². The van der Waals surface area contributed by atoms with Gasteiger partial charge in [0.05, 0.1) is 26.4 Å². The summed E-state index contributed by atoms with van der Waals surface area (Å²) in [5, 5.41) is 11.5. The van der Waals surface area contributed by atoms with Crippen molar-refractivity contribution in [1.82, 2.24) is 0 Å². The Labute approximate surface area is 236 Å². The normalized spacial score (nSPS) is 22.3. The molecule has 5 rings (SSSR count). The first-order valence-electron chi connectivity index (χ1n) is 13.6. The molecule has 0 aromatic heterocycles. The van der Waals surface area contributed by atoms with Gasteiger partial charge in [-0.1, -0.05) is 121 Å². The van der Waals surface area contributed by atoms with E-state index in [2.05, 4.69) is 11.8 Å². The quantitative estimate of drug-likeness (QED) is 0.270. The van der Waals surface area contributed by atoms with Gasteiger partial charge < -0.3 is 24.1 Å². The zero-order chi connectivity index (χ0) is 27.4. The summed E-state index contributed by atoms with van der Waals surface area (Å²) in [5.41, 5.74) is 3.94. The summed E-state index contributed by atoms with van der Waals surface area (Å²) in [6.45, 7) is 1.37. The average molecular weight is 535 g/mol. The molecular formula is C35H34O5. The molecule has 40 heavy (non-hydrogen) atoms. The van der Waals surface area contributed by atoms with Gasteiger partial charge in [-0.25, -0.2) is 0 Å². The molecule has 1 N–H and O–H groups in total. The zero-order valence-electron chi connectivity index (χ0n) is 22.3. The molecule has 1 aliphatic heterocycles. The fourth-order valence-electron chi connectivity index (χ4n) is 4.65. The molecule has 5 atom stereocenters. The maximum absolute atomic E-state index is 11.5. The van der Waals surface area contributed by atoms with Gasteiger partial charge in [-0.15, -0.1) is 0 Å². The molecule has 0 radical (unpaired) electrons. The number of rotatable bonds is 10. The topological polar surface area (TPSA) is 57.2 Å². The van der Waals surface area contributed by atoms with Crippen LogP contribution in [0.3, 0.4) is 0 Å². The van der Waals surface area contributed by atoms with Crippen molar-refractivity contribution in [2.45, 2.75) is 50.3 Å². The molecular weight excluding hydrogens is 500 g/mol. The summed E-state index contributed by atoms with van der Waals surface area (Å²) < 4.78 is 25.3. The van der Waals surface area contributed by atoms with Crippen molar-refractivity contribution >= 4 is 0 Å². The highest BCUT2D eigenvalue weighted by molar-refractivity contribution is 5.35. The molecule has 0 saturated carbocycles. The summed E-state index contributed by atoms with van der Waals surface area (Å²) in [5.74, 6) is 6.28. The lowest BCUT2D eigenvalue weighted by Gasteiger charge is -2.43. The smallest absolute Gasteiger partial charge is 0.147 e. The minimum absolute atomic E-state index is 0.260. The minimum Gasteiger partial charge on any atom is -0.387 e. The van der Waals surface area contributed by atoms with Crippen molar-refractivity contribution in [3.63, 3.8) is 0 Å². The number of ether oxygens (including phenoxy) is 4. The van der Waals surface area contributed by atoms with Gasteiger partial charge in [0, 0.05) is 5.56 Å². The van der Waals surface area contributed by atoms with Crippen LogP contribution in [0.5, 0.6) is 0 Å². The molecule has 204 valence electrons. The van der Waals surface area contributed by atoms with Crippen LogP contribution in [0.15, 0.2) is 121 Å². The van der Waals surface area contributed by atoms with Gasteiger partial charge in [0.25, 0.3) is 0 Å². The van der Waals surface area contributed by atoms with Crippen molar-refractivity contribution < 1.29 is 24.1 Å². The second-order valence-electron chi connectivity index (χ2n) is 9.74. The van der Waals surface area contributed by atoms with Crippen LogP contribution in [0.2, 0.25) is 0 Å². The molecule has 1 fully saturated rings. The Morgan fingerprint density at radius 1 is 0.600 bits per heavy atom. The van der Waals surface area contributed by atoms with Gasteiger partial charge in [0.15, 0.2) is 0 Å². The zero-order valence-corrected chi connectivity index (χ0v) is 22.3. The van der Waals surface area contributed by atoms with E-state index in [0.717, 1.165) is 22.3 Å². The fourth-order valence-corrected chi connectivity index (χ4v) is 4.65. The van der Waals surface area contributed by atoms with Gasteiger partial charge in [-0.2, -0.15) is 0 Å². The molecule has 5 heteroatoms. The van der Waals surface area contributed by atoms with Gasteiger partial charge in [0.2, 0.25) is 0 Å². The predicted octanol–water partition coefficient (Wildman–Crippen LogP) is 5.55. The fraction of sp³-hybridized carbons (Fsp3) is 0.257. The van der Waals surface area contributed by atoms with Gasteiger partial charge >= 0.3 is 0 Å². The van der Waals surface area contributed by atoms with E-state index < -0.39 is 30.5 Å². The second-order valence-corrected chi connectivity index (χ2v) is 9.74. The van der Waals surface area contributed by atoms with Gasteiger partial charge in [-0.05, 0) is 28.8 Å². The van der Waals surface area contributed by atoms with Crippen molar-refractivity contribution in [3.8, 4) is 11.8 Å². The van der Waals surface area contributed by atoms with E-state index >= 15 is 0 Å². The molecule has 1 saturated heterocycles. The molecule has 0 aliphatic carbocycles. The Morgan fingerprint density at radius 2 is 1.07 bits per heavy atom. The number of hydrogen-bond donors (Lipinski definition) is 1. The molecule has 0 spiro atoms. The van der Waals surface area contributed by atoms with Crippen molar-refractivity contribution in [3.05, 3.63) is 144 Å². The SMILES string of the molecule is O[C@@H]1[C@@H](OCc2ccccc2)[C@H](OCc2ccccc2)[C@@H](COCc2ccccc2)O[C@H]1C#Cc1ccccc1. The lowest BCUT2D eigenvalue weighted by Crippen LogP contribution is -2.60. The Morgan fingerprint density at radius 3 is 1.62 bits per heavy atom. The van der Waals surface area contributed by atoms with Crippen LogP contribution in [0.1, 0.15) is 22.3 Å². The standard InChI is InChI=1S/C35H34O5/c36-33-31(22-21-27-13-5-1-6-14-27)40-32(26-37-23-28-15-7-2-8-16-28)34(38-24-29-17-9-3-10-18-29)35(33)39-25-30-19-11-4-12-20-30/h1-20,31-36H,23-26H2/t31-,32+,33-,34+,35+/m0/s1. The highest BCUT2D eigenvalue weighted by Crippen LogP contribution is 2.28. The lowest BCUT2D eigenvalue weighted by atomic mass is 9.94. The second kappa shape index (κ2) is 14.6. The lowest BCUT2D eigenvalue weighted by molar-refractivity contribution is -0.249. The monoisotopic (exact) mass is 534 g/mol. The van der Waals surface area contributed by atoms with Crippen LogP contribution in [-0.2, 0) is 38.8 Å². The number of hydrogen-bond acceptors (Lipinski definition) is 5. The average Bonchev–Trinajstić information content (AvgIpc) is 3.01. The third-order valence-electron chi connectivity index (χ3n) is 6.76. The Balaban J connectivity index is 1.38. The Bertz CT molecular complexity index is 1340. The Hall–Kier alpha value is -3.76. The maximum atomic E-state index is 11.5. The van der Waals surface area contributed by atoms with E-state index in [1.54, 1.807) is 0 Å². The van der Waals surface area contributed by atoms with Crippen LogP contribution in [-0.4, -0.2) is 42.2 Å². The molecule has 4 aromatic rings. The molecule has 0 amide bonds. The number of aliphatic hydroxyl groups is 1. The summed E-state index contributed by atoms with van der Waals surface area (Å²) in [6.07, 6.45) is -3.57. The van der Waals surface area contributed by atoms with Crippen LogP contribution in [0, 0.1) is 11.8 Å². The third kappa shape index (κ3) is 7.89. The summed E-state index contributed by atoms with van der Waals surface area (Å²) in [7, 11) is 0. The summed E-state index contributed by atoms with van der Waals surface area (Å²) >= 11 is 0. The minimum atomic E-state index is -1.02. The highest BCUT2D eigenvalue weighted by Gasteiger charge is 2.46. The van der Waals surface area contributed by atoms with Crippen LogP contribution in [0.4, 0.5) is 0 Å².